The minimum atomic E-state index is -1.55. The molecule has 1 spiro atoms. The zero-order valence-corrected chi connectivity index (χ0v) is 23.8. The lowest BCUT2D eigenvalue weighted by molar-refractivity contribution is -0.217. The maximum Gasteiger partial charge on any atom is 0.303 e. The van der Waals surface area contributed by atoms with Crippen LogP contribution in [-0.4, -0.2) is 79.5 Å². The van der Waals surface area contributed by atoms with Gasteiger partial charge in [-0.05, 0) is 36.4 Å². The molecule has 1 saturated carbocycles. The quantitative estimate of drug-likeness (QED) is 0.436. The van der Waals surface area contributed by atoms with Crippen LogP contribution in [0.3, 0.4) is 0 Å². The number of ether oxygens (including phenoxy) is 2. The fourth-order valence-electron chi connectivity index (χ4n) is 8.43. The van der Waals surface area contributed by atoms with Gasteiger partial charge in [0.1, 0.15) is 17.5 Å². The van der Waals surface area contributed by atoms with Crippen LogP contribution in [0.5, 0.6) is 5.75 Å². The SMILES string of the molecule is CC[C@]12C=CCN3CC[C@@]4(c5ccc(OC)cc5N(C)[C@H]4C(O)(CNC(=O)CC(C)(C)C)[C@@H]1OC(C)=O)C32. The standard InChI is InChI=1S/C30H43N3O5/c1-8-28-12-9-14-33-15-13-29(24(28)33)21-11-10-20(37-7)16-22(21)32(6)25(29)30(36,26(28)38-19(2)34)18-31-23(35)17-27(3,4)5/h9-12,16,24-26,36H,8,13-15,17-18H2,1-7H3,(H,31,35)/t24?,25-,26-,28-,29-,30?/m1/s1. The van der Waals surface area contributed by atoms with E-state index in [1.807, 2.05) is 40.0 Å². The first-order chi connectivity index (χ1) is 17.8. The van der Waals surface area contributed by atoms with Crippen molar-refractivity contribution < 1.29 is 24.2 Å². The van der Waals surface area contributed by atoms with E-state index in [0.29, 0.717) is 12.8 Å². The van der Waals surface area contributed by atoms with E-state index >= 15 is 0 Å². The number of hydrogen-bond donors (Lipinski definition) is 2. The number of amides is 1. The van der Waals surface area contributed by atoms with Gasteiger partial charge in [0.15, 0.2) is 0 Å². The van der Waals surface area contributed by atoms with Crippen LogP contribution in [0.4, 0.5) is 5.69 Å². The first kappa shape index (κ1) is 27.0. The number of likely N-dealkylation sites (N-methyl/N-ethyl adjacent to an activating group) is 1. The first-order valence-corrected chi connectivity index (χ1v) is 13.8. The van der Waals surface area contributed by atoms with Gasteiger partial charge in [0, 0.05) is 55.6 Å². The van der Waals surface area contributed by atoms with E-state index in [9.17, 15) is 14.7 Å². The molecule has 6 atom stereocenters. The molecule has 0 bridgehead atoms. The lowest BCUT2D eigenvalue weighted by Gasteiger charge is -2.64. The highest BCUT2D eigenvalue weighted by Crippen LogP contribution is 2.67. The first-order valence-electron chi connectivity index (χ1n) is 13.8. The Morgan fingerprint density at radius 1 is 1.24 bits per heavy atom. The smallest absolute Gasteiger partial charge is 0.303 e. The van der Waals surface area contributed by atoms with Gasteiger partial charge in [-0.25, -0.2) is 0 Å². The normalized spacial score (nSPS) is 35.4. The molecule has 208 valence electrons. The maximum atomic E-state index is 13.1. The molecular weight excluding hydrogens is 482 g/mol. The molecule has 4 aliphatic rings. The predicted molar refractivity (Wildman–Crippen MR) is 146 cm³/mol. The van der Waals surface area contributed by atoms with Crippen molar-refractivity contribution in [3.05, 3.63) is 35.9 Å². The summed E-state index contributed by atoms with van der Waals surface area (Å²) in [7, 11) is 3.66. The summed E-state index contributed by atoms with van der Waals surface area (Å²) in [5.74, 6) is 0.198. The number of anilines is 1. The van der Waals surface area contributed by atoms with E-state index in [4.69, 9.17) is 9.47 Å². The molecule has 8 nitrogen and oxygen atoms in total. The molecule has 2 unspecified atom stereocenters. The molecule has 1 aromatic rings. The van der Waals surface area contributed by atoms with Gasteiger partial charge in [0.2, 0.25) is 5.91 Å². The molecule has 1 saturated heterocycles. The van der Waals surface area contributed by atoms with Crippen LogP contribution in [-0.2, 0) is 19.7 Å². The average Bonchev–Trinajstić information content (AvgIpc) is 3.36. The second-order valence-electron chi connectivity index (χ2n) is 12.9. The van der Waals surface area contributed by atoms with Crippen LogP contribution in [0, 0.1) is 10.8 Å². The second kappa shape index (κ2) is 8.98. The molecule has 3 aliphatic heterocycles. The Bertz CT molecular complexity index is 1160. The van der Waals surface area contributed by atoms with Gasteiger partial charge in [-0.2, -0.15) is 0 Å². The number of carbonyl (C=O) groups excluding carboxylic acids is 2. The number of fused-ring (bicyclic) bond motifs is 1. The maximum absolute atomic E-state index is 13.1. The van der Waals surface area contributed by atoms with Crippen LogP contribution < -0.4 is 15.0 Å². The molecule has 2 N–H and O–H groups in total. The van der Waals surface area contributed by atoms with Gasteiger partial charge in [-0.1, -0.05) is 45.9 Å². The van der Waals surface area contributed by atoms with E-state index in [2.05, 4.69) is 40.3 Å². The summed E-state index contributed by atoms with van der Waals surface area (Å²) in [6, 6.07) is 5.80. The Labute approximate surface area is 226 Å². The second-order valence-corrected chi connectivity index (χ2v) is 12.9. The third-order valence-corrected chi connectivity index (χ3v) is 9.48. The van der Waals surface area contributed by atoms with Crippen LogP contribution >= 0.6 is 0 Å². The lowest BCUT2D eigenvalue weighted by atomic mass is 9.47. The van der Waals surface area contributed by atoms with Gasteiger partial charge in [-0.15, -0.1) is 0 Å². The molecular formula is C30H43N3O5. The van der Waals surface area contributed by atoms with Gasteiger partial charge >= 0.3 is 5.97 Å². The highest BCUT2D eigenvalue weighted by molar-refractivity contribution is 5.77. The van der Waals surface area contributed by atoms with Crippen molar-refractivity contribution >= 4 is 17.6 Å². The van der Waals surface area contributed by atoms with Crippen molar-refractivity contribution in [3.63, 3.8) is 0 Å². The van der Waals surface area contributed by atoms with Crippen LogP contribution in [0.2, 0.25) is 0 Å². The van der Waals surface area contributed by atoms with Crippen LogP contribution in [0.15, 0.2) is 30.4 Å². The number of benzene rings is 1. The summed E-state index contributed by atoms with van der Waals surface area (Å²) >= 11 is 0. The molecule has 3 heterocycles. The van der Waals surface area contributed by atoms with Gasteiger partial charge in [0.05, 0.1) is 19.7 Å². The molecule has 8 heteroatoms. The summed E-state index contributed by atoms with van der Waals surface area (Å²) in [4.78, 5) is 30.3. The lowest BCUT2D eigenvalue weighted by Crippen LogP contribution is -2.81. The van der Waals surface area contributed by atoms with Crippen LogP contribution in [0.1, 0.15) is 59.4 Å². The zero-order chi connectivity index (χ0) is 27.7. The summed E-state index contributed by atoms with van der Waals surface area (Å²) in [5, 5.41) is 16.1. The highest BCUT2D eigenvalue weighted by Gasteiger charge is 2.77. The number of methoxy groups -OCH3 is 1. The Hall–Kier alpha value is -2.58. The van der Waals surface area contributed by atoms with Gasteiger partial charge in [-0.3, -0.25) is 14.5 Å². The number of aliphatic hydroxyl groups is 1. The van der Waals surface area contributed by atoms with Crippen molar-refractivity contribution in [1.29, 1.82) is 0 Å². The van der Waals surface area contributed by atoms with E-state index in [1.165, 1.54) is 12.5 Å². The number of hydrogen-bond acceptors (Lipinski definition) is 7. The Morgan fingerprint density at radius 2 is 1.97 bits per heavy atom. The Kier molecular flexibility index (Phi) is 6.38. The van der Waals surface area contributed by atoms with Crippen molar-refractivity contribution in [1.82, 2.24) is 10.2 Å². The Morgan fingerprint density at radius 3 is 2.61 bits per heavy atom. The number of carbonyl (C=O) groups is 2. The summed E-state index contributed by atoms with van der Waals surface area (Å²) in [5.41, 5.74) is -0.587. The third kappa shape index (κ3) is 3.70. The summed E-state index contributed by atoms with van der Waals surface area (Å²) < 4.78 is 11.7. The molecule has 1 aromatic carbocycles. The Balaban J connectivity index is 1.72. The topological polar surface area (TPSA) is 91.3 Å². The monoisotopic (exact) mass is 525 g/mol. The van der Waals surface area contributed by atoms with Crippen LogP contribution in [0.25, 0.3) is 0 Å². The van der Waals surface area contributed by atoms with Crippen molar-refractivity contribution in [2.24, 2.45) is 10.8 Å². The van der Waals surface area contributed by atoms with Crippen molar-refractivity contribution in [2.45, 2.75) is 83.1 Å². The fraction of sp³-hybridized carbons (Fsp3) is 0.667. The minimum absolute atomic E-state index is 0.00987. The molecule has 5 rings (SSSR count). The van der Waals surface area contributed by atoms with E-state index < -0.39 is 34.5 Å². The third-order valence-electron chi connectivity index (χ3n) is 9.48. The number of esters is 1. The summed E-state index contributed by atoms with van der Waals surface area (Å²) in [6.07, 6.45) is 5.38. The van der Waals surface area contributed by atoms with Crippen molar-refractivity contribution in [2.75, 3.05) is 38.7 Å². The molecule has 1 aliphatic carbocycles. The fourth-order valence-corrected chi connectivity index (χ4v) is 8.43. The molecule has 38 heavy (non-hydrogen) atoms. The van der Waals surface area contributed by atoms with Crippen molar-refractivity contribution in [3.8, 4) is 5.75 Å². The number of nitrogens with zero attached hydrogens (tertiary/aromatic N) is 2. The van der Waals surface area contributed by atoms with E-state index in [0.717, 1.165) is 30.9 Å². The number of nitrogens with one attached hydrogen (secondary N) is 1. The molecule has 2 fully saturated rings. The number of rotatable bonds is 6. The zero-order valence-electron chi connectivity index (χ0n) is 23.8. The largest absolute Gasteiger partial charge is 0.497 e. The van der Waals surface area contributed by atoms with Gasteiger partial charge in [0.25, 0.3) is 0 Å². The van der Waals surface area contributed by atoms with Gasteiger partial charge < -0.3 is 24.8 Å². The molecule has 1 amide bonds. The minimum Gasteiger partial charge on any atom is -0.497 e. The summed E-state index contributed by atoms with van der Waals surface area (Å²) in [6.45, 7) is 11.3. The van der Waals surface area contributed by atoms with E-state index in [-0.39, 0.29) is 23.9 Å². The average molecular weight is 526 g/mol. The highest BCUT2D eigenvalue weighted by atomic mass is 16.6. The molecule has 0 radical (unpaired) electrons. The van der Waals surface area contributed by atoms with E-state index in [1.54, 1.807) is 7.11 Å². The molecule has 0 aromatic heterocycles. The predicted octanol–water partition coefficient (Wildman–Crippen LogP) is 3.02.